The number of alkyl halides is 3. The van der Waals surface area contributed by atoms with Crippen molar-refractivity contribution in [3.63, 3.8) is 0 Å². The standard InChI is InChI=1S/C13H15ClF4N2/c14-11-2-1-9(15)7-12(11)19-10-3-5-20(6-4-10)8-13(16,17)18/h1-2,7,10,19H,3-6,8H2. The van der Waals surface area contributed by atoms with Crippen LogP contribution in [-0.4, -0.2) is 36.8 Å². The Bertz CT molecular complexity index is 456. The third kappa shape index (κ3) is 4.52. The molecule has 0 bridgehead atoms. The minimum atomic E-state index is -4.16. The Hall–Kier alpha value is -1.01. The van der Waals surface area contributed by atoms with E-state index in [0.717, 1.165) is 0 Å². The van der Waals surface area contributed by atoms with Crippen molar-refractivity contribution in [3.05, 3.63) is 29.0 Å². The minimum absolute atomic E-state index is 0.0128. The fourth-order valence-corrected chi connectivity index (χ4v) is 2.49. The van der Waals surface area contributed by atoms with Gasteiger partial charge in [0.1, 0.15) is 5.82 Å². The average Bonchev–Trinajstić information content (AvgIpc) is 2.34. The molecule has 0 spiro atoms. The molecule has 1 aliphatic rings. The van der Waals surface area contributed by atoms with Gasteiger partial charge in [-0.05, 0) is 31.0 Å². The summed E-state index contributed by atoms with van der Waals surface area (Å²) in [6.45, 7) is -0.144. The van der Waals surface area contributed by atoms with E-state index in [0.29, 0.717) is 36.6 Å². The van der Waals surface area contributed by atoms with Crippen LogP contribution in [0.25, 0.3) is 0 Å². The number of likely N-dealkylation sites (tertiary alicyclic amines) is 1. The van der Waals surface area contributed by atoms with Gasteiger partial charge in [0.25, 0.3) is 0 Å². The first-order valence-corrected chi connectivity index (χ1v) is 6.72. The van der Waals surface area contributed by atoms with E-state index in [1.54, 1.807) is 0 Å². The average molecular weight is 311 g/mol. The Kier molecular flexibility index (Phi) is 4.75. The molecule has 1 heterocycles. The van der Waals surface area contributed by atoms with Gasteiger partial charge >= 0.3 is 6.18 Å². The summed E-state index contributed by atoms with van der Waals surface area (Å²) in [5, 5.41) is 3.50. The van der Waals surface area contributed by atoms with Crippen molar-refractivity contribution < 1.29 is 17.6 Å². The van der Waals surface area contributed by atoms with Crippen LogP contribution in [0, 0.1) is 5.82 Å². The van der Waals surface area contributed by atoms with Crippen LogP contribution in [0.5, 0.6) is 0 Å². The third-order valence-electron chi connectivity index (χ3n) is 3.28. The van der Waals surface area contributed by atoms with Crippen molar-refractivity contribution in [1.82, 2.24) is 4.90 Å². The Balaban J connectivity index is 1.87. The van der Waals surface area contributed by atoms with E-state index in [1.165, 1.54) is 23.1 Å². The van der Waals surface area contributed by atoms with Crippen LogP contribution >= 0.6 is 11.6 Å². The van der Waals surface area contributed by atoms with Crippen LogP contribution in [0.4, 0.5) is 23.2 Å². The first kappa shape index (κ1) is 15.4. The van der Waals surface area contributed by atoms with E-state index in [4.69, 9.17) is 11.6 Å². The monoisotopic (exact) mass is 310 g/mol. The molecule has 112 valence electrons. The van der Waals surface area contributed by atoms with Gasteiger partial charge < -0.3 is 5.32 Å². The zero-order chi connectivity index (χ0) is 14.8. The number of hydrogen-bond donors (Lipinski definition) is 1. The summed E-state index contributed by atoms with van der Waals surface area (Å²) in [4.78, 5) is 1.38. The third-order valence-corrected chi connectivity index (χ3v) is 3.61. The van der Waals surface area contributed by atoms with Crippen molar-refractivity contribution in [2.75, 3.05) is 25.0 Å². The fraction of sp³-hybridized carbons (Fsp3) is 0.538. The van der Waals surface area contributed by atoms with Crippen LogP contribution in [0.2, 0.25) is 5.02 Å². The van der Waals surface area contributed by atoms with Gasteiger partial charge in [0, 0.05) is 19.1 Å². The Morgan fingerprint density at radius 3 is 2.50 bits per heavy atom. The molecule has 0 saturated carbocycles. The molecule has 0 unspecified atom stereocenters. The summed E-state index contributed by atoms with van der Waals surface area (Å²) in [7, 11) is 0. The molecule has 0 aromatic heterocycles. The lowest BCUT2D eigenvalue weighted by Gasteiger charge is -2.33. The molecule has 20 heavy (non-hydrogen) atoms. The van der Waals surface area contributed by atoms with Crippen molar-refractivity contribution in [2.45, 2.75) is 25.1 Å². The van der Waals surface area contributed by atoms with Gasteiger partial charge in [-0.15, -0.1) is 0 Å². The zero-order valence-electron chi connectivity index (χ0n) is 10.7. The summed E-state index contributed by atoms with van der Waals surface area (Å²) in [5.74, 6) is -0.397. The number of anilines is 1. The molecular formula is C13H15ClF4N2. The molecule has 1 N–H and O–H groups in total. The van der Waals surface area contributed by atoms with Gasteiger partial charge in [-0.25, -0.2) is 4.39 Å². The number of benzene rings is 1. The maximum absolute atomic E-state index is 13.1. The molecule has 2 rings (SSSR count). The molecule has 2 nitrogen and oxygen atoms in total. The SMILES string of the molecule is Fc1ccc(Cl)c(NC2CCN(CC(F)(F)F)CC2)c1. The van der Waals surface area contributed by atoms with Gasteiger partial charge in [-0.2, -0.15) is 13.2 Å². The predicted octanol–water partition coefficient (Wildman–Crippen LogP) is 3.92. The molecule has 0 atom stereocenters. The first-order chi connectivity index (χ1) is 9.33. The van der Waals surface area contributed by atoms with Crippen molar-refractivity contribution >= 4 is 17.3 Å². The quantitative estimate of drug-likeness (QED) is 0.851. The molecule has 0 radical (unpaired) electrons. The smallest absolute Gasteiger partial charge is 0.381 e. The molecule has 1 fully saturated rings. The second-order valence-corrected chi connectivity index (χ2v) is 5.34. The predicted molar refractivity (Wildman–Crippen MR) is 70.5 cm³/mol. The lowest BCUT2D eigenvalue weighted by Crippen LogP contribution is -2.43. The normalized spacial score (nSPS) is 18.2. The highest BCUT2D eigenvalue weighted by Crippen LogP contribution is 2.26. The lowest BCUT2D eigenvalue weighted by molar-refractivity contribution is -0.147. The largest absolute Gasteiger partial charge is 0.401 e. The molecule has 7 heteroatoms. The summed E-state index contributed by atoms with van der Waals surface area (Å²) >= 11 is 5.94. The van der Waals surface area contributed by atoms with Crippen molar-refractivity contribution in [2.24, 2.45) is 0 Å². The van der Waals surface area contributed by atoms with E-state index < -0.39 is 18.5 Å². The number of nitrogens with one attached hydrogen (secondary N) is 1. The summed E-state index contributed by atoms with van der Waals surface area (Å²) in [5.41, 5.74) is 0.487. The van der Waals surface area contributed by atoms with Gasteiger partial charge in [0.15, 0.2) is 0 Å². The van der Waals surface area contributed by atoms with Crippen LogP contribution in [0.3, 0.4) is 0 Å². The van der Waals surface area contributed by atoms with Crippen LogP contribution in [-0.2, 0) is 0 Å². The fourth-order valence-electron chi connectivity index (χ4n) is 2.32. The molecule has 1 aromatic rings. The Morgan fingerprint density at radius 2 is 1.90 bits per heavy atom. The van der Waals surface area contributed by atoms with Gasteiger partial charge in [0.05, 0.1) is 17.3 Å². The molecule has 0 aliphatic carbocycles. The molecule has 1 aliphatic heterocycles. The van der Waals surface area contributed by atoms with Crippen molar-refractivity contribution in [1.29, 1.82) is 0 Å². The van der Waals surface area contributed by atoms with Crippen molar-refractivity contribution in [3.8, 4) is 0 Å². The van der Waals surface area contributed by atoms with Crippen LogP contribution in [0.15, 0.2) is 18.2 Å². The second-order valence-electron chi connectivity index (χ2n) is 4.93. The van der Waals surface area contributed by atoms with Gasteiger partial charge in [-0.1, -0.05) is 11.6 Å². The van der Waals surface area contributed by atoms with E-state index >= 15 is 0 Å². The van der Waals surface area contributed by atoms with Crippen LogP contribution < -0.4 is 5.32 Å². The van der Waals surface area contributed by atoms with Gasteiger partial charge in [-0.3, -0.25) is 4.90 Å². The molecule has 0 amide bonds. The summed E-state index contributed by atoms with van der Waals surface area (Å²) in [6.07, 6.45) is -3.02. The minimum Gasteiger partial charge on any atom is -0.381 e. The lowest BCUT2D eigenvalue weighted by atomic mass is 10.0. The second kappa shape index (κ2) is 6.18. The first-order valence-electron chi connectivity index (χ1n) is 6.34. The van der Waals surface area contributed by atoms with E-state index in [2.05, 4.69) is 5.32 Å². The van der Waals surface area contributed by atoms with Crippen LogP contribution in [0.1, 0.15) is 12.8 Å². The number of halogens is 5. The highest BCUT2D eigenvalue weighted by Gasteiger charge is 2.32. The number of nitrogens with zero attached hydrogens (tertiary/aromatic N) is 1. The van der Waals surface area contributed by atoms with E-state index in [9.17, 15) is 17.6 Å². The highest BCUT2D eigenvalue weighted by molar-refractivity contribution is 6.33. The summed E-state index contributed by atoms with van der Waals surface area (Å²) < 4.78 is 49.9. The van der Waals surface area contributed by atoms with Gasteiger partial charge in [0.2, 0.25) is 0 Å². The highest BCUT2D eigenvalue weighted by atomic mass is 35.5. The topological polar surface area (TPSA) is 15.3 Å². The van der Waals surface area contributed by atoms with E-state index in [1.807, 2.05) is 0 Å². The Morgan fingerprint density at radius 1 is 1.25 bits per heavy atom. The van der Waals surface area contributed by atoms with E-state index in [-0.39, 0.29) is 6.04 Å². The molecule has 1 saturated heterocycles. The zero-order valence-corrected chi connectivity index (χ0v) is 11.4. The molecule has 1 aromatic carbocycles. The maximum Gasteiger partial charge on any atom is 0.401 e. The summed E-state index contributed by atoms with van der Waals surface area (Å²) in [6, 6.07) is 4.03. The Labute approximate surface area is 119 Å². The maximum atomic E-state index is 13.1. The number of piperidine rings is 1. The number of hydrogen-bond acceptors (Lipinski definition) is 2. The number of rotatable bonds is 3. The molecular weight excluding hydrogens is 296 g/mol.